The van der Waals surface area contributed by atoms with Crippen LogP contribution in [0.2, 0.25) is 0 Å². The maximum absolute atomic E-state index is 11.7. The Morgan fingerprint density at radius 3 is 2.60 bits per heavy atom. The van der Waals surface area contributed by atoms with Crippen LogP contribution in [-0.4, -0.2) is 17.7 Å². The van der Waals surface area contributed by atoms with E-state index in [2.05, 4.69) is 5.32 Å². The molecule has 0 saturated heterocycles. The molecule has 3 heteroatoms. The summed E-state index contributed by atoms with van der Waals surface area (Å²) in [5, 5.41) is 2.78. The van der Waals surface area contributed by atoms with Crippen LogP contribution in [0, 0.1) is 0 Å². The van der Waals surface area contributed by atoms with Crippen molar-refractivity contribution in [3.8, 4) is 0 Å². The molecule has 0 saturated carbocycles. The lowest BCUT2D eigenvalue weighted by Crippen LogP contribution is -2.32. The third kappa shape index (κ3) is 2.31. The number of ketones is 1. The predicted molar refractivity (Wildman–Crippen MR) is 56.5 cm³/mol. The molecule has 0 radical (unpaired) electrons. The van der Waals surface area contributed by atoms with Gasteiger partial charge in [-0.1, -0.05) is 24.3 Å². The van der Waals surface area contributed by atoms with Crippen LogP contribution in [0.4, 0.5) is 0 Å². The number of rotatable bonds is 2. The van der Waals surface area contributed by atoms with Crippen LogP contribution in [0.3, 0.4) is 0 Å². The van der Waals surface area contributed by atoms with Crippen LogP contribution in [-0.2, 0) is 4.79 Å². The fourth-order valence-electron chi connectivity index (χ4n) is 1.52. The zero-order valence-electron chi connectivity index (χ0n) is 8.14. The third-order valence-corrected chi connectivity index (χ3v) is 2.29. The lowest BCUT2D eigenvalue weighted by Gasteiger charge is -2.09. The minimum absolute atomic E-state index is 0.0633. The van der Waals surface area contributed by atoms with E-state index < -0.39 is 0 Å². The average Bonchev–Trinajstić information content (AvgIpc) is 2.65. The first-order valence-corrected chi connectivity index (χ1v) is 4.82. The first-order chi connectivity index (χ1) is 7.25. The summed E-state index contributed by atoms with van der Waals surface area (Å²) in [5.41, 5.74) is 0.616. The largest absolute Gasteiger partial charge is 0.345 e. The summed E-state index contributed by atoms with van der Waals surface area (Å²) >= 11 is 0. The van der Waals surface area contributed by atoms with Crippen molar-refractivity contribution in [1.29, 1.82) is 0 Å². The number of allylic oxidation sites excluding steroid dienone is 1. The fourth-order valence-corrected chi connectivity index (χ4v) is 1.52. The van der Waals surface area contributed by atoms with E-state index in [0.29, 0.717) is 12.0 Å². The van der Waals surface area contributed by atoms with Crippen LogP contribution in [0.25, 0.3) is 0 Å². The van der Waals surface area contributed by atoms with Crippen LogP contribution >= 0.6 is 0 Å². The van der Waals surface area contributed by atoms with Gasteiger partial charge in [0.15, 0.2) is 5.78 Å². The summed E-state index contributed by atoms with van der Waals surface area (Å²) in [7, 11) is 0. The lowest BCUT2D eigenvalue weighted by molar-refractivity contribution is -0.114. The van der Waals surface area contributed by atoms with Gasteiger partial charge in [-0.15, -0.1) is 0 Å². The molecule has 0 aliphatic heterocycles. The second-order valence-electron chi connectivity index (χ2n) is 3.48. The van der Waals surface area contributed by atoms with Gasteiger partial charge in [0, 0.05) is 12.0 Å². The SMILES string of the molecule is O=C1C=CC(NC(=O)c2ccccc2)C1. The van der Waals surface area contributed by atoms with Gasteiger partial charge in [0.1, 0.15) is 0 Å². The molecule has 0 heterocycles. The van der Waals surface area contributed by atoms with Crippen molar-refractivity contribution in [3.63, 3.8) is 0 Å². The zero-order valence-corrected chi connectivity index (χ0v) is 8.14. The quantitative estimate of drug-likeness (QED) is 0.784. The first-order valence-electron chi connectivity index (χ1n) is 4.82. The Kier molecular flexibility index (Phi) is 2.63. The van der Waals surface area contributed by atoms with Gasteiger partial charge in [-0.2, -0.15) is 0 Å². The average molecular weight is 201 g/mol. The zero-order chi connectivity index (χ0) is 10.7. The minimum atomic E-state index is -0.148. The van der Waals surface area contributed by atoms with Gasteiger partial charge in [0.25, 0.3) is 5.91 Å². The van der Waals surface area contributed by atoms with Crippen molar-refractivity contribution in [2.24, 2.45) is 0 Å². The molecule has 1 unspecified atom stereocenters. The highest BCUT2D eigenvalue weighted by molar-refractivity contribution is 5.97. The monoisotopic (exact) mass is 201 g/mol. The molecule has 1 atom stereocenters. The maximum atomic E-state index is 11.7. The van der Waals surface area contributed by atoms with Gasteiger partial charge in [0.05, 0.1) is 6.04 Å². The topological polar surface area (TPSA) is 46.2 Å². The van der Waals surface area contributed by atoms with Crippen molar-refractivity contribution in [2.75, 3.05) is 0 Å². The molecular weight excluding hydrogens is 190 g/mol. The molecule has 76 valence electrons. The molecule has 0 bridgehead atoms. The van der Waals surface area contributed by atoms with E-state index in [0.717, 1.165) is 0 Å². The Hall–Kier alpha value is -1.90. The van der Waals surface area contributed by atoms with Crippen molar-refractivity contribution in [3.05, 3.63) is 48.0 Å². The Morgan fingerprint density at radius 1 is 1.27 bits per heavy atom. The highest BCUT2D eigenvalue weighted by Crippen LogP contribution is 2.07. The normalized spacial score (nSPS) is 19.2. The van der Waals surface area contributed by atoms with Gasteiger partial charge >= 0.3 is 0 Å². The van der Waals surface area contributed by atoms with E-state index in [9.17, 15) is 9.59 Å². The summed E-state index contributed by atoms with van der Waals surface area (Å²) < 4.78 is 0. The molecule has 0 spiro atoms. The third-order valence-electron chi connectivity index (χ3n) is 2.29. The summed E-state index contributed by atoms with van der Waals surface area (Å²) in [6, 6.07) is 8.82. The van der Waals surface area contributed by atoms with Crippen molar-refractivity contribution in [2.45, 2.75) is 12.5 Å². The number of hydrogen-bond donors (Lipinski definition) is 1. The summed E-state index contributed by atoms with van der Waals surface area (Å²) in [4.78, 5) is 22.6. The molecule has 0 fully saturated rings. The Labute approximate surface area is 87.8 Å². The smallest absolute Gasteiger partial charge is 0.251 e. The number of nitrogens with one attached hydrogen (secondary N) is 1. The molecule has 2 rings (SSSR count). The lowest BCUT2D eigenvalue weighted by atomic mass is 10.2. The Morgan fingerprint density at radius 2 is 2.00 bits per heavy atom. The van der Waals surface area contributed by atoms with Crippen LogP contribution < -0.4 is 5.32 Å². The molecule has 1 aliphatic carbocycles. The summed E-state index contributed by atoms with van der Waals surface area (Å²) in [6.45, 7) is 0. The number of carbonyl (C=O) groups excluding carboxylic acids is 2. The number of benzene rings is 1. The maximum Gasteiger partial charge on any atom is 0.251 e. The van der Waals surface area contributed by atoms with E-state index >= 15 is 0 Å². The molecule has 0 aromatic heterocycles. The Balaban J connectivity index is 1.99. The van der Waals surface area contributed by atoms with Crippen LogP contribution in [0.15, 0.2) is 42.5 Å². The molecule has 1 aromatic carbocycles. The van der Waals surface area contributed by atoms with E-state index in [1.807, 2.05) is 18.2 Å². The van der Waals surface area contributed by atoms with Crippen molar-refractivity contribution in [1.82, 2.24) is 5.32 Å². The minimum Gasteiger partial charge on any atom is -0.345 e. The van der Waals surface area contributed by atoms with Gasteiger partial charge in [0.2, 0.25) is 0 Å². The van der Waals surface area contributed by atoms with E-state index in [4.69, 9.17) is 0 Å². The summed E-state index contributed by atoms with van der Waals surface area (Å²) in [5.74, 6) is -0.0756. The van der Waals surface area contributed by atoms with Crippen LogP contribution in [0.5, 0.6) is 0 Å². The van der Waals surface area contributed by atoms with Crippen molar-refractivity contribution >= 4 is 11.7 Å². The number of hydrogen-bond acceptors (Lipinski definition) is 2. The molecular formula is C12H11NO2. The van der Waals surface area contributed by atoms with Gasteiger partial charge in [-0.25, -0.2) is 0 Å². The molecule has 1 aliphatic rings. The van der Waals surface area contributed by atoms with Gasteiger partial charge in [-0.3, -0.25) is 9.59 Å². The predicted octanol–water partition coefficient (Wildman–Crippen LogP) is 1.31. The highest BCUT2D eigenvalue weighted by atomic mass is 16.2. The van der Waals surface area contributed by atoms with Gasteiger partial charge in [-0.05, 0) is 18.2 Å². The number of carbonyl (C=O) groups is 2. The van der Waals surface area contributed by atoms with E-state index in [1.165, 1.54) is 6.08 Å². The highest BCUT2D eigenvalue weighted by Gasteiger charge is 2.18. The second-order valence-corrected chi connectivity index (χ2v) is 3.48. The fraction of sp³-hybridized carbons (Fsp3) is 0.167. The first kappa shape index (κ1) is 9.65. The van der Waals surface area contributed by atoms with E-state index in [-0.39, 0.29) is 17.7 Å². The molecule has 3 nitrogen and oxygen atoms in total. The summed E-state index contributed by atoms with van der Waals surface area (Å²) in [6.07, 6.45) is 3.61. The van der Waals surface area contributed by atoms with Gasteiger partial charge < -0.3 is 5.32 Å². The van der Waals surface area contributed by atoms with Crippen LogP contribution in [0.1, 0.15) is 16.8 Å². The second kappa shape index (κ2) is 4.09. The molecule has 1 aromatic rings. The number of amides is 1. The van der Waals surface area contributed by atoms with Crippen molar-refractivity contribution < 1.29 is 9.59 Å². The van der Waals surface area contributed by atoms with E-state index in [1.54, 1.807) is 18.2 Å². The molecule has 15 heavy (non-hydrogen) atoms. The standard InChI is InChI=1S/C12H11NO2/c14-11-7-6-10(8-11)13-12(15)9-4-2-1-3-5-9/h1-7,10H,8H2,(H,13,15). The Bertz CT molecular complexity index is 409. The molecule has 1 N–H and O–H groups in total. The molecule has 1 amide bonds.